The van der Waals surface area contributed by atoms with Gasteiger partial charge >= 0.3 is 12.4 Å². The molecule has 0 fully saturated rings. The molecule has 0 aliphatic carbocycles. The first-order valence-electron chi connectivity index (χ1n) is 4.37. The molecule has 0 saturated carbocycles. The van der Waals surface area contributed by atoms with Gasteiger partial charge in [0.2, 0.25) is 0 Å². The summed E-state index contributed by atoms with van der Waals surface area (Å²) in [5.74, 6) is 0. The maximum atomic E-state index is 12.6. The van der Waals surface area contributed by atoms with Gasteiger partial charge in [0.15, 0.2) is 5.69 Å². The lowest BCUT2D eigenvalue weighted by atomic mass is 10.2. The molecule has 1 rings (SSSR count). The van der Waals surface area contributed by atoms with Crippen molar-refractivity contribution in [3.63, 3.8) is 0 Å². The van der Waals surface area contributed by atoms with Crippen molar-refractivity contribution in [2.75, 3.05) is 0 Å². The lowest BCUT2D eigenvalue weighted by molar-refractivity contribution is -0.177. The molecule has 1 aromatic heterocycles. The Balaban J connectivity index is 3.31. The summed E-state index contributed by atoms with van der Waals surface area (Å²) in [5.41, 5.74) is 2.69. The Labute approximate surface area is 91.4 Å². The third-order valence-electron chi connectivity index (χ3n) is 2.07. The van der Waals surface area contributed by atoms with E-state index >= 15 is 0 Å². The minimum Gasteiger partial charge on any atom is -0.325 e. The van der Waals surface area contributed by atoms with Crippen molar-refractivity contribution in [1.29, 1.82) is 0 Å². The van der Waals surface area contributed by atoms with Crippen molar-refractivity contribution >= 4 is 0 Å². The summed E-state index contributed by atoms with van der Waals surface area (Å²) in [6, 6.07) is -2.42. The molecule has 0 bridgehead atoms. The summed E-state index contributed by atoms with van der Waals surface area (Å²) in [4.78, 5) is 0. The van der Waals surface area contributed by atoms with Crippen LogP contribution in [0.4, 0.5) is 26.3 Å². The Bertz CT molecular complexity index is 392. The van der Waals surface area contributed by atoms with Gasteiger partial charge in [0.25, 0.3) is 0 Å². The molecule has 1 atom stereocenters. The number of halogens is 6. The van der Waals surface area contributed by atoms with Gasteiger partial charge in [-0.05, 0) is 6.92 Å². The van der Waals surface area contributed by atoms with Crippen LogP contribution in [0.15, 0.2) is 0 Å². The minimum atomic E-state index is -4.99. The maximum Gasteiger partial charge on any atom is 0.434 e. The number of rotatable bonds is 2. The van der Waals surface area contributed by atoms with E-state index in [0.717, 1.165) is 0 Å². The van der Waals surface area contributed by atoms with Crippen LogP contribution in [0.1, 0.15) is 24.4 Å². The molecule has 0 aliphatic rings. The predicted molar refractivity (Wildman–Crippen MR) is 43.7 cm³/mol. The van der Waals surface area contributed by atoms with Gasteiger partial charge < -0.3 is 5.73 Å². The average Bonchev–Trinajstić information content (AvgIpc) is 2.57. The van der Waals surface area contributed by atoms with Crippen molar-refractivity contribution in [3.8, 4) is 0 Å². The summed E-state index contributed by atoms with van der Waals surface area (Å²) >= 11 is 0. The summed E-state index contributed by atoms with van der Waals surface area (Å²) in [5, 5.41) is 5.87. The summed E-state index contributed by atoms with van der Waals surface area (Å²) in [6.07, 6.45) is -9.84. The van der Waals surface area contributed by atoms with E-state index in [9.17, 15) is 26.3 Å². The van der Waals surface area contributed by atoms with Gasteiger partial charge in [0.05, 0.1) is 0 Å². The normalized spacial score (nSPS) is 15.1. The van der Waals surface area contributed by atoms with Gasteiger partial charge in [-0.1, -0.05) is 5.21 Å². The molecule has 1 heterocycles. The molecule has 0 radical (unpaired) electrons. The lowest BCUT2D eigenvalue weighted by Gasteiger charge is -2.19. The van der Waals surface area contributed by atoms with Crippen molar-refractivity contribution in [1.82, 2.24) is 15.0 Å². The molecule has 1 unspecified atom stereocenters. The Morgan fingerprint density at radius 2 is 1.76 bits per heavy atom. The average molecular weight is 262 g/mol. The molecule has 17 heavy (non-hydrogen) atoms. The second kappa shape index (κ2) is 4.17. The van der Waals surface area contributed by atoms with Crippen molar-refractivity contribution < 1.29 is 26.3 Å². The molecule has 0 spiro atoms. The standard InChI is InChI=1S/C7H8F6N4/c1-3(6(8,9)10)17-5(7(11,12)13)4(2-14)15-16-17/h3H,2,14H2,1H3. The smallest absolute Gasteiger partial charge is 0.325 e. The SMILES string of the molecule is CC(n1nnc(CN)c1C(F)(F)F)C(F)(F)F. The third kappa shape index (κ3) is 2.68. The Morgan fingerprint density at radius 1 is 1.24 bits per heavy atom. The van der Waals surface area contributed by atoms with E-state index in [1.165, 1.54) is 0 Å². The third-order valence-corrected chi connectivity index (χ3v) is 2.07. The van der Waals surface area contributed by atoms with Crippen LogP contribution < -0.4 is 5.73 Å². The largest absolute Gasteiger partial charge is 0.434 e. The summed E-state index contributed by atoms with van der Waals surface area (Å²) in [7, 11) is 0. The minimum absolute atomic E-state index is 0.206. The highest BCUT2D eigenvalue weighted by Gasteiger charge is 2.46. The van der Waals surface area contributed by atoms with E-state index in [0.29, 0.717) is 6.92 Å². The number of aromatic nitrogens is 3. The van der Waals surface area contributed by atoms with Crippen molar-refractivity contribution in [3.05, 3.63) is 11.4 Å². The topological polar surface area (TPSA) is 56.7 Å². The van der Waals surface area contributed by atoms with E-state index in [-0.39, 0.29) is 4.68 Å². The first-order valence-corrected chi connectivity index (χ1v) is 4.37. The molecule has 1 aromatic rings. The Morgan fingerprint density at radius 3 is 2.12 bits per heavy atom. The van der Waals surface area contributed by atoms with E-state index in [1.807, 2.05) is 0 Å². The van der Waals surface area contributed by atoms with Gasteiger partial charge in [-0.2, -0.15) is 26.3 Å². The van der Waals surface area contributed by atoms with Crippen LogP contribution in [0, 0.1) is 0 Å². The number of hydrogen-bond donors (Lipinski definition) is 1. The molecule has 0 aromatic carbocycles. The second-order valence-corrected chi connectivity index (χ2v) is 3.25. The molecule has 0 amide bonds. The number of alkyl halides is 6. The second-order valence-electron chi connectivity index (χ2n) is 3.25. The van der Waals surface area contributed by atoms with Crippen molar-refractivity contribution in [2.45, 2.75) is 31.9 Å². The van der Waals surface area contributed by atoms with Crippen LogP contribution in [0.2, 0.25) is 0 Å². The van der Waals surface area contributed by atoms with E-state index in [4.69, 9.17) is 5.73 Å². The first-order chi connectivity index (χ1) is 7.59. The van der Waals surface area contributed by atoms with Crippen LogP contribution in [-0.2, 0) is 12.7 Å². The lowest BCUT2D eigenvalue weighted by Crippen LogP contribution is -2.29. The van der Waals surface area contributed by atoms with Gasteiger partial charge in [0.1, 0.15) is 11.7 Å². The fourth-order valence-electron chi connectivity index (χ4n) is 1.17. The molecule has 98 valence electrons. The number of hydrogen-bond acceptors (Lipinski definition) is 3. The highest BCUT2D eigenvalue weighted by Crippen LogP contribution is 2.37. The van der Waals surface area contributed by atoms with Crippen LogP contribution in [0.5, 0.6) is 0 Å². The summed E-state index contributed by atoms with van der Waals surface area (Å²) < 4.78 is 74.4. The zero-order valence-electron chi connectivity index (χ0n) is 8.47. The Hall–Kier alpha value is -1.32. The van der Waals surface area contributed by atoms with Crippen LogP contribution >= 0.6 is 0 Å². The van der Waals surface area contributed by atoms with Crippen LogP contribution in [-0.4, -0.2) is 21.2 Å². The van der Waals surface area contributed by atoms with Gasteiger partial charge in [-0.15, -0.1) is 5.10 Å². The van der Waals surface area contributed by atoms with Crippen LogP contribution in [0.25, 0.3) is 0 Å². The maximum absolute atomic E-state index is 12.6. The quantitative estimate of drug-likeness (QED) is 0.828. The number of nitrogens with two attached hydrogens (primary N) is 1. The fourth-order valence-corrected chi connectivity index (χ4v) is 1.17. The predicted octanol–water partition coefficient (Wildman–Crippen LogP) is 1.88. The van der Waals surface area contributed by atoms with E-state index in [2.05, 4.69) is 10.3 Å². The summed E-state index contributed by atoms with van der Waals surface area (Å²) in [6.45, 7) is -0.0797. The zero-order chi connectivity index (χ0) is 13.4. The first kappa shape index (κ1) is 13.7. The molecule has 10 heteroatoms. The Kier molecular flexibility index (Phi) is 3.37. The van der Waals surface area contributed by atoms with Crippen molar-refractivity contribution in [2.24, 2.45) is 5.73 Å². The van der Waals surface area contributed by atoms with Gasteiger partial charge in [0, 0.05) is 6.54 Å². The van der Waals surface area contributed by atoms with Crippen LogP contribution in [0.3, 0.4) is 0 Å². The number of nitrogens with zero attached hydrogens (tertiary/aromatic N) is 3. The molecule has 0 saturated heterocycles. The molecular weight excluding hydrogens is 254 g/mol. The van der Waals surface area contributed by atoms with E-state index < -0.39 is 36.3 Å². The zero-order valence-corrected chi connectivity index (χ0v) is 8.47. The molecule has 4 nitrogen and oxygen atoms in total. The fraction of sp³-hybridized carbons (Fsp3) is 0.714. The van der Waals surface area contributed by atoms with Gasteiger partial charge in [-0.3, -0.25) is 0 Å². The molecule has 2 N–H and O–H groups in total. The highest BCUT2D eigenvalue weighted by molar-refractivity contribution is 5.14. The van der Waals surface area contributed by atoms with E-state index in [1.54, 1.807) is 0 Å². The molecular formula is C7H8F6N4. The monoisotopic (exact) mass is 262 g/mol. The van der Waals surface area contributed by atoms with Gasteiger partial charge in [-0.25, -0.2) is 4.68 Å². The highest BCUT2D eigenvalue weighted by atomic mass is 19.4. The molecule has 0 aliphatic heterocycles.